The molecular weight excluding hydrogens is 536 g/mol. The van der Waals surface area contributed by atoms with Crippen molar-refractivity contribution in [3.63, 3.8) is 0 Å². The van der Waals surface area contributed by atoms with Crippen LogP contribution in [0.4, 0.5) is 0 Å². The van der Waals surface area contributed by atoms with E-state index >= 15 is 0 Å². The molecule has 0 radical (unpaired) electrons. The van der Waals surface area contributed by atoms with Crippen LogP contribution in [0.5, 0.6) is 5.75 Å². The number of esters is 1. The molecule has 202 valence electrons. The predicted molar refractivity (Wildman–Crippen MR) is 154 cm³/mol. The molecule has 0 aliphatic carbocycles. The highest BCUT2D eigenvalue weighted by Crippen LogP contribution is 2.26. The van der Waals surface area contributed by atoms with Crippen molar-refractivity contribution in [3.05, 3.63) is 115 Å². The van der Waals surface area contributed by atoms with Gasteiger partial charge in [-0.25, -0.2) is 9.48 Å². The molecule has 0 unspecified atom stereocenters. The van der Waals surface area contributed by atoms with Crippen molar-refractivity contribution in [1.82, 2.24) is 18.9 Å². The molecule has 3 heterocycles. The molecule has 0 aliphatic heterocycles. The lowest BCUT2D eigenvalue weighted by Gasteiger charge is -2.10. The maximum atomic E-state index is 12.8. The molecule has 0 saturated carbocycles. The zero-order chi connectivity index (χ0) is 28.7. The number of hydrogen-bond donors (Lipinski definition) is 2. The van der Waals surface area contributed by atoms with E-state index in [0.717, 1.165) is 9.95 Å². The van der Waals surface area contributed by atoms with Crippen LogP contribution in [0.1, 0.15) is 10.5 Å². The van der Waals surface area contributed by atoms with Crippen LogP contribution in [0, 0.1) is 0 Å². The highest BCUT2D eigenvalue weighted by atomic mass is 35.5. The van der Waals surface area contributed by atoms with Crippen molar-refractivity contribution in [2.45, 2.75) is 0 Å². The number of pyridine rings is 2. The molecule has 6 aromatic rings. The van der Waals surface area contributed by atoms with Crippen LogP contribution in [0.25, 0.3) is 38.3 Å². The number of aromatic hydroxyl groups is 1. The van der Waals surface area contributed by atoms with Gasteiger partial charge in [-0.15, -0.1) is 0 Å². The minimum Gasteiger partial charge on any atom is -0.505 e. The van der Waals surface area contributed by atoms with Gasteiger partial charge in [-0.05, 0) is 36.4 Å². The van der Waals surface area contributed by atoms with E-state index in [-0.39, 0.29) is 28.1 Å². The fourth-order valence-electron chi connectivity index (χ4n) is 4.64. The average molecular weight is 559 g/mol. The number of H-pyrrole nitrogens is 1. The summed E-state index contributed by atoms with van der Waals surface area (Å²) in [6.07, 6.45) is 0. The number of nitrogens with zero attached hydrogens (tertiary/aromatic N) is 3. The largest absolute Gasteiger partial charge is 0.505 e. The first kappa shape index (κ1) is 26.5. The minimum absolute atomic E-state index is 0.142. The Kier molecular flexibility index (Phi) is 6.78. The van der Waals surface area contributed by atoms with E-state index in [1.165, 1.54) is 23.4 Å². The molecule has 0 atom stereocenters. The van der Waals surface area contributed by atoms with Crippen LogP contribution < -0.4 is 16.7 Å². The number of ether oxygens (including phenoxy) is 1. The Bertz CT molecular complexity index is 2120. The number of aromatic nitrogens is 4. The van der Waals surface area contributed by atoms with Gasteiger partial charge in [-0.1, -0.05) is 48.0 Å². The molecule has 0 fully saturated rings. The Labute approximate surface area is 230 Å². The Hall–Kier alpha value is -5.09. The summed E-state index contributed by atoms with van der Waals surface area (Å²) in [6, 6.07) is 20.7. The number of fused-ring (bicyclic) bond motifs is 4. The third-order valence-electron chi connectivity index (χ3n) is 6.67. The number of carbonyl (C=O) groups excluding carboxylic acids is 1. The quantitative estimate of drug-likeness (QED) is 0.311. The predicted octanol–water partition coefficient (Wildman–Crippen LogP) is 3.85. The van der Waals surface area contributed by atoms with Crippen molar-refractivity contribution in [2.75, 3.05) is 7.11 Å². The summed E-state index contributed by atoms with van der Waals surface area (Å²) in [5, 5.41) is 15.7. The lowest BCUT2D eigenvalue weighted by Crippen LogP contribution is -2.24. The molecule has 2 N–H and O–H groups in total. The van der Waals surface area contributed by atoms with Crippen LogP contribution in [-0.2, 0) is 18.8 Å². The van der Waals surface area contributed by atoms with Crippen molar-refractivity contribution in [2.24, 2.45) is 14.1 Å². The van der Waals surface area contributed by atoms with Crippen LogP contribution >= 0.6 is 11.6 Å². The number of benzene rings is 3. The highest BCUT2D eigenvalue weighted by molar-refractivity contribution is 6.30. The molecule has 0 saturated heterocycles. The molecule has 0 bridgehead atoms. The summed E-state index contributed by atoms with van der Waals surface area (Å²) in [5.74, 6) is -0.984. The summed E-state index contributed by atoms with van der Waals surface area (Å²) in [5.41, 5.74) is 0.702. The molecule has 3 aromatic heterocycles. The van der Waals surface area contributed by atoms with Gasteiger partial charge in [-0.2, -0.15) is 0 Å². The monoisotopic (exact) mass is 558 g/mol. The van der Waals surface area contributed by atoms with Crippen molar-refractivity contribution in [3.8, 4) is 11.4 Å². The highest BCUT2D eigenvalue weighted by Gasteiger charge is 2.20. The van der Waals surface area contributed by atoms with Crippen molar-refractivity contribution in [1.29, 1.82) is 0 Å². The third-order valence-corrected chi connectivity index (χ3v) is 6.93. The molecule has 10 nitrogen and oxygen atoms in total. The number of carbonyl (C=O) groups is 1. The Balaban J connectivity index is 0.000000170. The summed E-state index contributed by atoms with van der Waals surface area (Å²) in [6.45, 7) is 0. The normalized spacial score (nSPS) is 11.0. The van der Waals surface area contributed by atoms with Gasteiger partial charge in [0.05, 0.1) is 23.7 Å². The fourth-order valence-corrected chi connectivity index (χ4v) is 4.77. The van der Waals surface area contributed by atoms with Crippen LogP contribution in [0.3, 0.4) is 0 Å². The smallest absolute Gasteiger partial charge is 0.358 e. The second kappa shape index (κ2) is 10.2. The number of nitrogens with one attached hydrogen (secondary N) is 1. The van der Waals surface area contributed by atoms with Gasteiger partial charge in [0.15, 0.2) is 11.4 Å². The summed E-state index contributed by atoms with van der Waals surface area (Å²) >= 11 is 5.90. The number of hydrogen-bond acceptors (Lipinski definition) is 6. The number of aryl methyl sites for hydroxylation is 1. The average Bonchev–Trinajstić information content (AvgIpc) is 3.32. The fraction of sp³-hybridized carbons (Fsp3) is 0.103. The number of aromatic amines is 1. The molecule has 11 heteroatoms. The first-order valence-electron chi connectivity index (χ1n) is 12.0. The van der Waals surface area contributed by atoms with Gasteiger partial charge < -0.3 is 19.0 Å². The second-order valence-corrected chi connectivity index (χ2v) is 9.40. The van der Waals surface area contributed by atoms with Crippen LogP contribution in [-0.4, -0.2) is 37.1 Å². The maximum Gasteiger partial charge on any atom is 0.358 e. The Morgan fingerprint density at radius 1 is 0.775 bits per heavy atom. The van der Waals surface area contributed by atoms with E-state index in [1.54, 1.807) is 61.6 Å². The van der Waals surface area contributed by atoms with E-state index in [4.69, 9.17) is 11.6 Å². The SMILES string of the molecule is COC(=O)c1c(O)c2ccccc2c(=O)n1C.Cn1c(=O)c2ccccc2c2[nH]n(-c3ccc(Cl)cc3)c(=O)c21. The van der Waals surface area contributed by atoms with Crippen LogP contribution in [0.2, 0.25) is 5.02 Å². The van der Waals surface area contributed by atoms with Crippen LogP contribution in [0.15, 0.2) is 87.2 Å². The zero-order valence-corrected chi connectivity index (χ0v) is 22.4. The first-order chi connectivity index (χ1) is 19.1. The molecule has 6 rings (SSSR count). The minimum atomic E-state index is -0.743. The number of rotatable bonds is 2. The maximum absolute atomic E-state index is 12.8. The number of methoxy groups -OCH3 is 1. The number of halogens is 1. The molecule has 3 aromatic carbocycles. The van der Waals surface area contributed by atoms with E-state index < -0.39 is 5.97 Å². The van der Waals surface area contributed by atoms with E-state index in [9.17, 15) is 24.3 Å². The summed E-state index contributed by atoms with van der Waals surface area (Å²) in [7, 11) is 4.22. The zero-order valence-electron chi connectivity index (χ0n) is 21.6. The molecule has 40 heavy (non-hydrogen) atoms. The third kappa shape index (κ3) is 4.24. The first-order valence-corrected chi connectivity index (χ1v) is 12.4. The van der Waals surface area contributed by atoms with E-state index in [0.29, 0.717) is 37.9 Å². The molecule has 0 spiro atoms. The van der Waals surface area contributed by atoms with Crippen molar-refractivity contribution < 1.29 is 14.6 Å². The van der Waals surface area contributed by atoms with E-state index in [2.05, 4.69) is 9.84 Å². The van der Waals surface area contributed by atoms with Gasteiger partial charge in [0.25, 0.3) is 16.7 Å². The summed E-state index contributed by atoms with van der Waals surface area (Å²) < 4.78 is 8.45. The van der Waals surface area contributed by atoms with Crippen molar-refractivity contribution >= 4 is 50.1 Å². The lowest BCUT2D eigenvalue weighted by atomic mass is 10.1. The molecular formula is C29H23ClN4O6. The summed E-state index contributed by atoms with van der Waals surface area (Å²) in [4.78, 5) is 48.7. The standard InChI is InChI=1S/C17H12ClN3O2.C12H11NO4/c1-20-15-14(12-4-2-3-5-13(12)16(20)22)19-21(17(15)23)11-8-6-10(18)7-9-11;1-13-9(12(16)17-2)10(14)7-5-3-4-6-8(7)11(13)15/h2-9,19H,1H3;3-6,14H,1-2H3. The second-order valence-electron chi connectivity index (χ2n) is 8.96. The Morgan fingerprint density at radius 3 is 1.90 bits per heavy atom. The lowest BCUT2D eigenvalue weighted by molar-refractivity contribution is 0.0585. The van der Waals surface area contributed by atoms with Gasteiger partial charge in [0, 0.05) is 35.3 Å². The van der Waals surface area contributed by atoms with E-state index in [1.807, 2.05) is 18.2 Å². The molecule has 0 aliphatic rings. The van der Waals surface area contributed by atoms with Gasteiger partial charge >= 0.3 is 5.97 Å². The Morgan fingerprint density at radius 2 is 1.30 bits per heavy atom. The molecule has 0 amide bonds. The topological polar surface area (TPSA) is 128 Å². The van der Waals surface area contributed by atoms with Gasteiger partial charge in [0.1, 0.15) is 5.52 Å². The van der Waals surface area contributed by atoms with Gasteiger partial charge in [-0.3, -0.25) is 19.5 Å². The van der Waals surface area contributed by atoms with Gasteiger partial charge in [0.2, 0.25) is 0 Å².